The molecule has 18 heavy (non-hydrogen) atoms. The quantitative estimate of drug-likeness (QED) is 0.761. The van der Waals surface area contributed by atoms with E-state index in [0.29, 0.717) is 18.7 Å². The molecule has 1 saturated heterocycles. The van der Waals surface area contributed by atoms with Gasteiger partial charge in [0.05, 0.1) is 0 Å². The van der Waals surface area contributed by atoms with Crippen LogP contribution in [0.15, 0.2) is 6.33 Å². The average molecular weight is 262 g/mol. The zero-order valence-electron chi connectivity index (χ0n) is 9.81. The molecule has 100 valence electrons. The Kier molecular flexibility index (Phi) is 3.27. The third kappa shape index (κ3) is 2.46. The first-order valence-electron chi connectivity index (χ1n) is 5.59. The van der Waals surface area contributed by atoms with Crippen LogP contribution in [0, 0.1) is 0 Å². The maximum Gasteiger partial charge on any atom is 0.471 e. The van der Waals surface area contributed by atoms with Crippen LogP contribution in [0.1, 0.15) is 24.6 Å². The molecule has 8 heteroatoms. The summed E-state index contributed by atoms with van der Waals surface area (Å²) in [5.41, 5.74) is 0. The number of aromatic nitrogens is 3. The molecular formula is C10H13F3N4O. The maximum atomic E-state index is 12.4. The van der Waals surface area contributed by atoms with E-state index in [9.17, 15) is 18.0 Å². The van der Waals surface area contributed by atoms with Crippen LogP contribution in [0.5, 0.6) is 0 Å². The standard InChI is InChI=1S/C10H13F3N4O/c1-16-6-14-15-8(16)7-3-2-4-17(5-7)9(18)10(11,12)13/h6-7H,2-5H2,1H3. The molecule has 2 rings (SSSR count). The summed E-state index contributed by atoms with van der Waals surface area (Å²) in [7, 11) is 1.74. The highest BCUT2D eigenvalue weighted by molar-refractivity contribution is 5.82. The van der Waals surface area contributed by atoms with Gasteiger partial charge in [0.25, 0.3) is 0 Å². The van der Waals surface area contributed by atoms with Crippen LogP contribution in [0.4, 0.5) is 13.2 Å². The summed E-state index contributed by atoms with van der Waals surface area (Å²) < 4.78 is 38.7. The van der Waals surface area contributed by atoms with Gasteiger partial charge in [0, 0.05) is 26.1 Å². The van der Waals surface area contributed by atoms with Gasteiger partial charge < -0.3 is 9.47 Å². The molecule has 0 saturated carbocycles. The van der Waals surface area contributed by atoms with Crippen molar-refractivity contribution in [1.29, 1.82) is 0 Å². The van der Waals surface area contributed by atoms with Crippen LogP contribution < -0.4 is 0 Å². The lowest BCUT2D eigenvalue weighted by Crippen LogP contribution is -2.46. The van der Waals surface area contributed by atoms with Crippen LogP contribution in [0.3, 0.4) is 0 Å². The van der Waals surface area contributed by atoms with Gasteiger partial charge in [-0.3, -0.25) is 4.79 Å². The summed E-state index contributed by atoms with van der Waals surface area (Å²) in [5, 5.41) is 7.59. The van der Waals surface area contributed by atoms with Crippen LogP contribution in [0.2, 0.25) is 0 Å². The predicted octanol–water partition coefficient (Wildman–Crippen LogP) is 1.08. The Morgan fingerprint density at radius 1 is 1.50 bits per heavy atom. The summed E-state index contributed by atoms with van der Waals surface area (Å²) in [4.78, 5) is 12.0. The number of aryl methyl sites for hydroxylation is 1. The summed E-state index contributed by atoms with van der Waals surface area (Å²) in [5.74, 6) is -1.33. The van der Waals surface area contributed by atoms with Gasteiger partial charge in [-0.05, 0) is 12.8 Å². The number of alkyl halides is 3. The molecule has 0 spiro atoms. The van der Waals surface area contributed by atoms with Gasteiger partial charge in [0.15, 0.2) is 0 Å². The van der Waals surface area contributed by atoms with Crippen molar-refractivity contribution in [1.82, 2.24) is 19.7 Å². The van der Waals surface area contributed by atoms with E-state index < -0.39 is 12.1 Å². The van der Waals surface area contributed by atoms with Crippen molar-refractivity contribution in [3.8, 4) is 0 Å². The molecule has 0 N–H and O–H groups in total. The third-order valence-electron chi connectivity index (χ3n) is 3.06. The number of rotatable bonds is 1. The van der Waals surface area contributed by atoms with Crippen molar-refractivity contribution in [2.24, 2.45) is 7.05 Å². The van der Waals surface area contributed by atoms with Crippen molar-refractivity contribution in [2.45, 2.75) is 24.9 Å². The lowest BCUT2D eigenvalue weighted by Gasteiger charge is -2.32. The van der Waals surface area contributed by atoms with Gasteiger partial charge in [-0.15, -0.1) is 10.2 Å². The molecular weight excluding hydrogens is 249 g/mol. The minimum atomic E-state index is -4.80. The van der Waals surface area contributed by atoms with E-state index in [4.69, 9.17) is 0 Å². The fourth-order valence-electron chi connectivity index (χ4n) is 2.21. The van der Waals surface area contributed by atoms with E-state index in [1.807, 2.05) is 0 Å². The molecule has 1 aromatic rings. The van der Waals surface area contributed by atoms with Crippen LogP contribution in [-0.2, 0) is 11.8 Å². The fraction of sp³-hybridized carbons (Fsp3) is 0.700. The van der Waals surface area contributed by atoms with E-state index in [1.54, 1.807) is 11.6 Å². The van der Waals surface area contributed by atoms with Crippen molar-refractivity contribution in [2.75, 3.05) is 13.1 Å². The number of amides is 1. The van der Waals surface area contributed by atoms with Crippen molar-refractivity contribution in [3.63, 3.8) is 0 Å². The number of carbonyl (C=O) groups excluding carboxylic acids is 1. The van der Waals surface area contributed by atoms with E-state index in [0.717, 1.165) is 4.90 Å². The van der Waals surface area contributed by atoms with Crippen molar-refractivity contribution >= 4 is 5.91 Å². The average Bonchev–Trinajstić information content (AvgIpc) is 2.73. The Labute approximate surface area is 102 Å². The number of halogens is 3. The van der Waals surface area contributed by atoms with Gasteiger partial charge in [-0.25, -0.2) is 0 Å². The highest BCUT2D eigenvalue weighted by Gasteiger charge is 2.44. The molecule has 0 bridgehead atoms. The third-order valence-corrected chi connectivity index (χ3v) is 3.06. The largest absolute Gasteiger partial charge is 0.471 e. The topological polar surface area (TPSA) is 51.0 Å². The lowest BCUT2D eigenvalue weighted by atomic mass is 9.97. The second-order valence-electron chi connectivity index (χ2n) is 4.39. The number of hydrogen-bond donors (Lipinski definition) is 0. The number of carbonyl (C=O) groups is 1. The second-order valence-corrected chi connectivity index (χ2v) is 4.39. The molecule has 1 aliphatic rings. The van der Waals surface area contributed by atoms with Gasteiger partial charge in [0.2, 0.25) is 0 Å². The molecule has 1 unspecified atom stereocenters. The molecule has 0 radical (unpaired) electrons. The molecule has 0 aliphatic carbocycles. The monoisotopic (exact) mass is 262 g/mol. The molecule has 1 amide bonds. The SMILES string of the molecule is Cn1cnnc1C1CCCN(C(=O)C(F)(F)F)C1. The normalized spacial score (nSPS) is 21.1. The minimum absolute atomic E-state index is 0.0465. The molecule has 2 heterocycles. The minimum Gasteiger partial charge on any atom is -0.334 e. The number of nitrogens with zero attached hydrogens (tertiary/aromatic N) is 4. The molecule has 5 nitrogen and oxygen atoms in total. The molecule has 1 fully saturated rings. The first-order valence-corrected chi connectivity index (χ1v) is 5.59. The van der Waals surface area contributed by atoms with Gasteiger partial charge in [0.1, 0.15) is 12.2 Å². The summed E-state index contributed by atoms with van der Waals surface area (Å²) >= 11 is 0. The molecule has 1 atom stereocenters. The van der Waals surface area contributed by atoms with E-state index in [1.165, 1.54) is 6.33 Å². The first-order chi connectivity index (χ1) is 8.39. The Morgan fingerprint density at radius 2 is 2.22 bits per heavy atom. The Balaban J connectivity index is 2.10. The summed E-state index contributed by atoms with van der Waals surface area (Å²) in [6.45, 7) is 0.192. The lowest BCUT2D eigenvalue weighted by molar-refractivity contribution is -0.186. The van der Waals surface area contributed by atoms with Gasteiger partial charge >= 0.3 is 12.1 Å². The molecule has 0 aromatic carbocycles. The fourth-order valence-corrected chi connectivity index (χ4v) is 2.21. The van der Waals surface area contributed by atoms with Crippen molar-refractivity contribution < 1.29 is 18.0 Å². The number of piperidine rings is 1. The highest BCUT2D eigenvalue weighted by atomic mass is 19.4. The van der Waals surface area contributed by atoms with Crippen molar-refractivity contribution in [3.05, 3.63) is 12.2 Å². The van der Waals surface area contributed by atoms with E-state index >= 15 is 0 Å². The Bertz CT molecular complexity index is 443. The molecule has 1 aromatic heterocycles. The maximum absolute atomic E-state index is 12.4. The number of likely N-dealkylation sites (tertiary alicyclic amines) is 1. The van der Waals surface area contributed by atoms with Crippen LogP contribution in [-0.4, -0.2) is 44.8 Å². The predicted molar refractivity (Wildman–Crippen MR) is 55.6 cm³/mol. The zero-order chi connectivity index (χ0) is 13.3. The Hall–Kier alpha value is -1.60. The van der Waals surface area contributed by atoms with Crippen LogP contribution >= 0.6 is 0 Å². The second kappa shape index (κ2) is 4.58. The Morgan fingerprint density at radius 3 is 2.78 bits per heavy atom. The highest BCUT2D eigenvalue weighted by Crippen LogP contribution is 2.28. The number of hydrogen-bond acceptors (Lipinski definition) is 3. The van der Waals surface area contributed by atoms with Crippen LogP contribution in [0.25, 0.3) is 0 Å². The molecule has 1 aliphatic heterocycles. The van der Waals surface area contributed by atoms with E-state index in [-0.39, 0.29) is 19.0 Å². The zero-order valence-corrected chi connectivity index (χ0v) is 9.81. The van der Waals surface area contributed by atoms with E-state index in [2.05, 4.69) is 10.2 Å². The summed E-state index contributed by atoms with van der Waals surface area (Å²) in [6.07, 6.45) is -2.05. The first kappa shape index (κ1) is 12.8. The summed E-state index contributed by atoms with van der Waals surface area (Å²) in [6, 6.07) is 0. The smallest absolute Gasteiger partial charge is 0.334 e. The van der Waals surface area contributed by atoms with Gasteiger partial charge in [-0.2, -0.15) is 13.2 Å². The van der Waals surface area contributed by atoms with Gasteiger partial charge in [-0.1, -0.05) is 0 Å².